The van der Waals surface area contributed by atoms with Crippen LogP contribution in [0.25, 0.3) is 32.7 Å². The van der Waals surface area contributed by atoms with E-state index in [0.717, 1.165) is 32.1 Å². The summed E-state index contributed by atoms with van der Waals surface area (Å²) in [6.07, 6.45) is 2.17. The van der Waals surface area contributed by atoms with Crippen molar-refractivity contribution in [2.24, 2.45) is 16.8 Å². The zero-order valence-electron chi connectivity index (χ0n) is 35.9. The van der Waals surface area contributed by atoms with Gasteiger partial charge in [-0.3, -0.25) is 47.7 Å². The number of hydrogen-bond donors (Lipinski definition) is 6. The van der Waals surface area contributed by atoms with Crippen molar-refractivity contribution in [1.29, 1.82) is 0 Å². The van der Waals surface area contributed by atoms with Gasteiger partial charge in [-0.15, -0.1) is 0 Å². The molecule has 3 aliphatic heterocycles. The maximum Gasteiger partial charge on any atom is 0.264 e. The molecular formula is C42H56N8O8S4. The number of unbranched alkanes of at least 4 members (excludes halogenated alkanes) is 2. The van der Waals surface area contributed by atoms with E-state index in [-0.39, 0.29) is 92.3 Å². The number of carbonyl (C=O) groups excluding carboxylic acids is 4. The van der Waals surface area contributed by atoms with Crippen LogP contribution in [-0.2, 0) is 19.2 Å². The molecule has 4 aliphatic rings. The van der Waals surface area contributed by atoms with E-state index in [9.17, 15) is 38.7 Å². The van der Waals surface area contributed by atoms with Crippen LogP contribution in [0.1, 0.15) is 78.3 Å². The van der Waals surface area contributed by atoms with Crippen molar-refractivity contribution in [3.8, 4) is 17.0 Å². The first-order chi connectivity index (χ1) is 29.7. The number of aromatic hydroxyl groups is 1. The lowest BCUT2D eigenvalue weighted by Crippen LogP contribution is -2.44. The molecule has 0 radical (unpaired) electrons. The van der Waals surface area contributed by atoms with Crippen molar-refractivity contribution in [2.45, 2.75) is 90.4 Å². The average Bonchev–Trinajstić information content (AvgIpc) is 3.99. The summed E-state index contributed by atoms with van der Waals surface area (Å²) in [5.74, 6) is 1.35. The van der Waals surface area contributed by atoms with Crippen LogP contribution in [0, 0.1) is 11.8 Å². The minimum atomic E-state index is -1.20. The van der Waals surface area contributed by atoms with Gasteiger partial charge in [-0.25, -0.2) is 0 Å². The summed E-state index contributed by atoms with van der Waals surface area (Å²) in [5, 5.41) is 27.2. The van der Waals surface area contributed by atoms with Crippen LogP contribution in [0.2, 0.25) is 0 Å². The molecule has 1 aromatic heterocycles. The van der Waals surface area contributed by atoms with Crippen molar-refractivity contribution in [3.63, 3.8) is 0 Å². The number of pyridine rings is 2. The fraction of sp³-hybridized carbons (Fsp3) is 0.571. The maximum atomic E-state index is 14.9. The molecule has 62 heavy (non-hydrogen) atoms. The molecule has 20 heteroatoms. The molecule has 2 saturated heterocycles. The van der Waals surface area contributed by atoms with Gasteiger partial charge in [0.1, 0.15) is 12.1 Å². The fourth-order valence-electron chi connectivity index (χ4n) is 8.12. The first kappa shape index (κ1) is 47.3. The summed E-state index contributed by atoms with van der Waals surface area (Å²) < 4.78 is 2.04. The van der Waals surface area contributed by atoms with Crippen LogP contribution in [0.5, 0.6) is 5.88 Å². The quantitative estimate of drug-likeness (QED) is 0.0450. The summed E-state index contributed by atoms with van der Waals surface area (Å²) in [4.78, 5) is 102. The zero-order chi connectivity index (χ0) is 44.8. The Morgan fingerprint density at radius 1 is 0.710 bits per heavy atom. The lowest BCUT2D eigenvalue weighted by Gasteiger charge is -2.26. The molecule has 6 rings (SSSR count). The van der Waals surface area contributed by atoms with Crippen molar-refractivity contribution < 1.29 is 24.3 Å². The molecule has 1 aliphatic carbocycles. The van der Waals surface area contributed by atoms with E-state index < -0.39 is 46.5 Å². The SMILES string of the molecule is CNC(=O)[C@H](CCCCNC(=O)C1CSSC1)n1c(O)c2cc(NC(C)C)c3c4c2c(c(=NC(C)C)cc-4c(=O)n([C@@H](CCCCNC(=O)C2CSSC2)C(=O)NC)c3=O)c1=O. The Morgan fingerprint density at radius 2 is 1.21 bits per heavy atom. The van der Waals surface area contributed by atoms with Gasteiger partial charge < -0.3 is 31.7 Å². The monoisotopic (exact) mass is 928 g/mol. The van der Waals surface area contributed by atoms with Crippen LogP contribution in [0.15, 0.2) is 31.5 Å². The number of rotatable bonds is 19. The second kappa shape index (κ2) is 21.0. The van der Waals surface area contributed by atoms with Gasteiger partial charge in [-0.05, 0) is 78.4 Å². The zero-order valence-corrected chi connectivity index (χ0v) is 39.1. The second-order valence-electron chi connectivity index (χ2n) is 16.3. The highest BCUT2D eigenvalue weighted by atomic mass is 33.1. The van der Waals surface area contributed by atoms with Crippen LogP contribution in [-0.4, -0.2) is 100 Å². The minimum Gasteiger partial charge on any atom is -0.494 e. The second-order valence-corrected chi connectivity index (χ2v) is 21.4. The predicted octanol–water partition coefficient (Wildman–Crippen LogP) is 3.66. The molecule has 336 valence electrons. The van der Waals surface area contributed by atoms with E-state index in [2.05, 4.69) is 26.6 Å². The lowest BCUT2D eigenvalue weighted by molar-refractivity contribution is -0.125. The molecule has 2 atom stereocenters. The third kappa shape index (κ3) is 9.97. The Bertz CT molecular complexity index is 2500. The molecule has 0 spiro atoms. The average molecular weight is 929 g/mol. The van der Waals surface area contributed by atoms with Crippen molar-refractivity contribution in [3.05, 3.63) is 48.6 Å². The normalized spacial score (nSPS) is 16.2. The molecule has 4 amide bonds. The Hall–Kier alpha value is -4.14. The molecule has 1 aromatic carbocycles. The van der Waals surface area contributed by atoms with Crippen molar-refractivity contribution in [1.82, 2.24) is 30.4 Å². The predicted molar refractivity (Wildman–Crippen MR) is 253 cm³/mol. The largest absolute Gasteiger partial charge is 0.494 e. The first-order valence-electron chi connectivity index (χ1n) is 21.1. The number of anilines is 1. The molecule has 0 saturated carbocycles. The lowest BCUT2D eigenvalue weighted by atomic mass is 9.88. The van der Waals surface area contributed by atoms with Crippen LogP contribution in [0.3, 0.4) is 0 Å². The standard InChI is InChI=1S/C42H56N8O8S4/c1-21(2)47-27-15-25-32-31-26(40(56)49(41(57)33(27)31)29(37(53)43-5)11-7-9-13-45-35(51)23-17-59-60-18-23)16-28(48-22(3)4)34(32)42(58)50(39(25)55)30(38(54)44-6)12-8-10-14-46-36(52)24-19-61-62-20-24/h15-16,21-24,29-30,47,55H,7-14,17-20H2,1-6H3,(H,43,53)(H,44,54)(H,45,51)(H,46,52)/t29-,30-/m0/s1. The number of nitrogens with one attached hydrogen (secondary N) is 5. The van der Waals surface area contributed by atoms with E-state index >= 15 is 0 Å². The Labute approximate surface area is 375 Å². The Balaban J connectivity index is 1.47. The number of amides is 4. The molecule has 0 bridgehead atoms. The third-order valence-corrected chi connectivity index (χ3v) is 16.2. The highest BCUT2D eigenvalue weighted by molar-refractivity contribution is 8.77. The van der Waals surface area contributed by atoms with Crippen LogP contribution < -0.4 is 48.6 Å². The van der Waals surface area contributed by atoms with Gasteiger partial charge >= 0.3 is 0 Å². The van der Waals surface area contributed by atoms with Gasteiger partial charge in [0.05, 0.1) is 33.5 Å². The molecule has 0 unspecified atom stereocenters. The van der Waals surface area contributed by atoms with Gasteiger partial charge in [-0.1, -0.05) is 43.2 Å². The number of hydrogen-bond acceptors (Lipinski definition) is 14. The fourth-order valence-corrected chi connectivity index (χ4v) is 13.7. The number of likely N-dealkylation sites (N-methyl/N-ethyl adjacent to an activating group) is 2. The summed E-state index contributed by atoms with van der Waals surface area (Å²) in [6, 6.07) is 0.0583. The summed E-state index contributed by atoms with van der Waals surface area (Å²) in [7, 11) is 9.58. The molecule has 2 fully saturated rings. The van der Waals surface area contributed by atoms with Crippen LogP contribution in [0.4, 0.5) is 5.69 Å². The first-order valence-corrected chi connectivity index (χ1v) is 26.1. The van der Waals surface area contributed by atoms with Crippen molar-refractivity contribution in [2.75, 3.05) is 55.5 Å². The number of benzene rings is 2. The molecule has 6 N–H and O–H groups in total. The molecule has 2 aromatic rings. The summed E-state index contributed by atoms with van der Waals surface area (Å²) >= 11 is 0. The van der Waals surface area contributed by atoms with Gasteiger partial charge in [0, 0.05) is 84.3 Å². The van der Waals surface area contributed by atoms with Gasteiger partial charge in [0.15, 0.2) is 0 Å². The number of aromatic nitrogens is 2. The van der Waals surface area contributed by atoms with Gasteiger partial charge in [-0.2, -0.15) is 0 Å². The van der Waals surface area contributed by atoms with E-state index in [4.69, 9.17) is 4.99 Å². The maximum absolute atomic E-state index is 14.9. The highest BCUT2D eigenvalue weighted by Gasteiger charge is 2.35. The molecule has 4 heterocycles. The highest BCUT2D eigenvalue weighted by Crippen LogP contribution is 2.42. The minimum absolute atomic E-state index is 0.00859. The Kier molecular flexibility index (Phi) is 16.1. The number of carbonyl (C=O) groups is 4. The Morgan fingerprint density at radius 3 is 1.69 bits per heavy atom. The van der Waals surface area contributed by atoms with E-state index in [1.54, 1.807) is 49.2 Å². The number of nitrogens with zero attached hydrogens (tertiary/aromatic N) is 3. The smallest absolute Gasteiger partial charge is 0.264 e. The van der Waals surface area contributed by atoms with Gasteiger partial charge in [0.25, 0.3) is 16.7 Å². The van der Waals surface area contributed by atoms with Crippen LogP contribution >= 0.6 is 43.2 Å². The topological polar surface area (TPSA) is 222 Å². The van der Waals surface area contributed by atoms with E-state index in [0.29, 0.717) is 38.8 Å². The van der Waals surface area contributed by atoms with Crippen molar-refractivity contribution >= 4 is 94.0 Å². The van der Waals surface area contributed by atoms with E-state index in [1.807, 2.05) is 27.7 Å². The summed E-state index contributed by atoms with van der Waals surface area (Å²) in [6.45, 7) is 8.11. The molecular weight excluding hydrogens is 873 g/mol. The van der Waals surface area contributed by atoms with Gasteiger partial charge in [0.2, 0.25) is 29.5 Å². The molecule has 16 nitrogen and oxygen atoms in total. The summed E-state index contributed by atoms with van der Waals surface area (Å²) in [5.41, 5.74) is -1.78. The van der Waals surface area contributed by atoms with E-state index in [1.165, 1.54) is 20.2 Å². The third-order valence-electron chi connectivity index (χ3n) is 11.1.